The second-order valence-corrected chi connectivity index (χ2v) is 5.16. The minimum atomic E-state index is 0.697. The van der Waals surface area contributed by atoms with Gasteiger partial charge in [-0.25, -0.2) is 4.98 Å². The van der Waals surface area contributed by atoms with E-state index in [9.17, 15) is 0 Å². The van der Waals surface area contributed by atoms with Gasteiger partial charge in [0.25, 0.3) is 0 Å². The average Bonchev–Trinajstić information content (AvgIpc) is 2.90. The van der Waals surface area contributed by atoms with Gasteiger partial charge in [0, 0.05) is 18.1 Å². The number of hydrogen-bond donors (Lipinski definition) is 0. The summed E-state index contributed by atoms with van der Waals surface area (Å²) in [5.41, 5.74) is 3.69. The van der Waals surface area contributed by atoms with E-state index in [0.29, 0.717) is 5.02 Å². The van der Waals surface area contributed by atoms with Crippen molar-refractivity contribution < 1.29 is 0 Å². The molecule has 20 heavy (non-hydrogen) atoms. The number of rotatable bonds is 3. The van der Waals surface area contributed by atoms with Crippen LogP contribution in [-0.4, -0.2) is 32.7 Å². The van der Waals surface area contributed by atoms with Gasteiger partial charge in [-0.05, 0) is 38.5 Å². The van der Waals surface area contributed by atoms with E-state index in [-0.39, 0.29) is 0 Å². The van der Waals surface area contributed by atoms with Crippen LogP contribution in [0.15, 0.2) is 18.5 Å². The van der Waals surface area contributed by atoms with E-state index in [1.165, 1.54) is 0 Å². The molecule has 0 aliphatic heterocycles. The molecule has 2 heterocycles. The Hall–Kier alpha value is -1.88. The molecule has 0 saturated heterocycles. The molecule has 0 N–H and O–H groups in total. The number of fused-ring (bicyclic) bond motifs is 3. The van der Waals surface area contributed by atoms with E-state index in [4.69, 9.17) is 16.6 Å². The Morgan fingerprint density at radius 3 is 2.70 bits per heavy atom. The van der Waals surface area contributed by atoms with E-state index in [1.54, 1.807) is 6.33 Å². The third-order valence-electron chi connectivity index (χ3n) is 3.53. The maximum Gasteiger partial charge on any atom is 0.204 e. The third-order valence-corrected chi connectivity index (χ3v) is 3.75. The van der Waals surface area contributed by atoms with Crippen LogP contribution in [0.2, 0.25) is 5.02 Å². The predicted molar refractivity (Wildman–Crippen MR) is 81.6 cm³/mol. The Bertz CT molecular complexity index is 776. The Morgan fingerprint density at radius 1 is 1.25 bits per heavy atom. The maximum absolute atomic E-state index is 6.16. The molecule has 0 aliphatic carbocycles. The highest BCUT2D eigenvalue weighted by molar-refractivity contribution is 6.31. The van der Waals surface area contributed by atoms with Crippen LogP contribution in [0.3, 0.4) is 0 Å². The van der Waals surface area contributed by atoms with Crippen LogP contribution in [0.25, 0.3) is 16.7 Å². The van der Waals surface area contributed by atoms with Crippen molar-refractivity contribution in [2.24, 2.45) is 0 Å². The second kappa shape index (κ2) is 4.90. The lowest BCUT2D eigenvalue weighted by molar-refractivity contribution is 0.847. The molecule has 1 aromatic carbocycles. The van der Waals surface area contributed by atoms with Crippen LogP contribution in [0.1, 0.15) is 19.4 Å². The SMILES string of the molecule is CCN(CC)c1nc2c(C)cc(Cl)cc2n2cnnc12. The zero-order valence-electron chi connectivity index (χ0n) is 11.8. The van der Waals surface area contributed by atoms with Crippen LogP contribution in [-0.2, 0) is 0 Å². The van der Waals surface area contributed by atoms with Crippen LogP contribution in [0.4, 0.5) is 5.82 Å². The first-order chi connectivity index (χ1) is 9.65. The van der Waals surface area contributed by atoms with Crippen molar-refractivity contribution in [2.45, 2.75) is 20.8 Å². The summed E-state index contributed by atoms with van der Waals surface area (Å²) >= 11 is 6.16. The number of anilines is 1. The first kappa shape index (κ1) is 13.1. The van der Waals surface area contributed by atoms with Crippen LogP contribution < -0.4 is 4.90 Å². The van der Waals surface area contributed by atoms with Crippen molar-refractivity contribution in [2.75, 3.05) is 18.0 Å². The van der Waals surface area contributed by atoms with Gasteiger partial charge in [0.1, 0.15) is 6.33 Å². The monoisotopic (exact) mass is 289 g/mol. The molecule has 5 nitrogen and oxygen atoms in total. The van der Waals surface area contributed by atoms with Gasteiger partial charge in [-0.2, -0.15) is 0 Å². The minimum Gasteiger partial charge on any atom is -0.354 e. The van der Waals surface area contributed by atoms with Crippen LogP contribution in [0, 0.1) is 6.92 Å². The Balaban J connectivity index is 2.43. The topological polar surface area (TPSA) is 46.3 Å². The van der Waals surface area contributed by atoms with Gasteiger partial charge in [-0.1, -0.05) is 11.6 Å². The van der Waals surface area contributed by atoms with Crippen LogP contribution in [0.5, 0.6) is 0 Å². The average molecular weight is 290 g/mol. The Morgan fingerprint density at radius 2 is 2.00 bits per heavy atom. The largest absolute Gasteiger partial charge is 0.354 e. The van der Waals surface area contributed by atoms with E-state index in [2.05, 4.69) is 28.9 Å². The first-order valence-corrected chi connectivity index (χ1v) is 7.08. The van der Waals surface area contributed by atoms with Crippen molar-refractivity contribution in [1.29, 1.82) is 0 Å². The zero-order chi connectivity index (χ0) is 14.3. The fraction of sp³-hybridized carbons (Fsp3) is 0.357. The van der Waals surface area contributed by atoms with E-state index < -0.39 is 0 Å². The highest BCUT2D eigenvalue weighted by Crippen LogP contribution is 2.27. The number of nitrogens with zero attached hydrogens (tertiary/aromatic N) is 5. The number of benzene rings is 1. The third kappa shape index (κ3) is 1.89. The number of halogens is 1. The molecule has 3 aromatic rings. The van der Waals surface area contributed by atoms with Gasteiger partial charge in [0.05, 0.1) is 11.0 Å². The van der Waals surface area contributed by atoms with Crippen LogP contribution >= 0.6 is 11.6 Å². The molecule has 0 unspecified atom stereocenters. The molecule has 0 atom stereocenters. The highest BCUT2D eigenvalue weighted by atomic mass is 35.5. The van der Waals surface area contributed by atoms with Gasteiger partial charge in [-0.15, -0.1) is 10.2 Å². The van der Waals surface area contributed by atoms with Gasteiger partial charge in [-0.3, -0.25) is 4.40 Å². The molecule has 3 rings (SSSR count). The normalized spacial score (nSPS) is 11.4. The zero-order valence-corrected chi connectivity index (χ0v) is 12.5. The molecule has 0 saturated carbocycles. The summed E-state index contributed by atoms with van der Waals surface area (Å²) in [4.78, 5) is 6.98. The summed E-state index contributed by atoms with van der Waals surface area (Å²) in [6.07, 6.45) is 1.71. The van der Waals surface area contributed by atoms with Crippen molar-refractivity contribution in [3.63, 3.8) is 0 Å². The fourth-order valence-electron chi connectivity index (χ4n) is 2.50. The van der Waals surface area contributed by atoms with E-state index in [1.807, 2.05) is 23.5 Å². The number of aryl methyl sites for hydroxylation is 1. The summed E-state index contributed by atoms with van der Waals surface area (Å²) in [5, 5.41) is 8.93. The predicted octanol–water partition coefficient (Wildman–Crippen LogP) is 3.09. The standard InChI is InChI=1S/C14H16ClN5/c1-4-19(5-2)13-14-18-16-8-20(14)11-7-10(15)6-9(3)12(11)17-13/h6-8H,4-5H2,1-3H3. The smallest absolute Gasteiger partial charge is 0.204 e. The van der Waals surface area contributed by atoms with Crippen molar-refractivity contribution in [3.8, 4) is 0 Å². The molecule has 0 bridgehead atoms. The summed E-state index contributed by atoms with van der Waals surface area (Å²) in [5.74, 6) is 0.866. The molecular weight excluding hydrogens is 274 g/mol. The molecule has 2 aromatic heterocycles. The second-order valence-electron chi connectivity index (χ2n) is 4.72. The molecule has 6 heteroatoms. The number of aromatic nitrogens is 4. The van der Waals surface area contributed by atoms with Gasteiger partial charge in [0.15, 0.2) is 5.82 Å². The fourth-order valence-corrected chi connectivity index (χ4v) is 2.77. The molecule has 0 aliphatic rings. The Labute approximate surface area is 122 Å². The molecule has 0 radical (unpaired) electrons. The minimum absolute atomic E-state index is 0.697. The Kier molecular flexibility index (Phi) is 3.22. The van der Waals surface area contributed by atoms with Crippen molar-refractivity contribution in [1.82, 2.24) is 19.6 Å². The lowest BCUT2D eigenvalue weighted by atomic mass is 10.2. The lowest BCUT2D eigenvalue weighted by Crippen LogP contribution is -2.24. The first-order valence-electron chi connectivity index (χ1n) is 6.70. The molecule has 0 fully saturated rings. The van der Waals surface area contributed by atoms with Gasteiger partial charge >= 0.3 is 0 Å². The van der Waals surface area contributed by atoms with Crippen molar-refractivity contribution >= 4 is 34.1 Å². The quantitative estimate of drug-likeness (QED) is 0.743. The van der Waals surface area contributed by atoms with Crippen molar-refractivity contribution in [3.05, 3.63) is 29.0 Å². The van der Waals surface area contributed by atoms with E-state index >= 15 is 0 Å². The summed E-state index contributed by atoms with van der Waals surface area (Å²) in [6.45, 7) is 7.99. The summed E-state index contributed by atoms with van der Waals surface area (Å²) in [6, 6.07) is 3.83. The summed E-state index contributed by atoms with van der Waals surface area (Å²) in [7, 11) is 0. The van der Waals surface area contributed by atoms with Gasteiger partial charge < -0.3 is 4.90 Å². The van der Waals surface area contributed by atoms with Gasteiger partial charge in [0.2, 0.25) is 5.65 Å². The summed E-state index contributed by atoms with van der Waals surface area (Å²) < 4.78 is 1.95. The lowest BCUT2D eigenvalue weighted by Gasteiger charge is -2.21. The van der Waals surface area contributed by atoms with E-state index in [0.717, 1.165) is 41.2 Å². The molecule has 0 spiro atoms. The highest BCUT2D eigenvalue weighted by Gasteiger charge is 2.15. The molecule has 0 amide bonds. The number of hydrogen-bond acceptors (Lipinski definition) is 4. The molecular formula is C14H16ClN5. The maximum atomic E-state index is 6.16. The molecule has 104 valence electrons.